The second kappa shape index (κ2) is 7.85. The van der Waals surface area contributed by atoms with Gasteiger partial charge in [0.15, 0.2) is 0 Å². The van der Waals surface area contributed by atoms with Crippen molar-refractivity contribution in [3.05, 3.63) is 35.4 Å². The molecule has 0 heterocycles. The zero-order valence-electron chi connectivity index (χ0n) is 10.4. The number of carboxylic acids is 1. The molecule has 1 aromatic carbocycles. The summed E-state index contributed by atoms with van der Waals surface area (Å²) in [5.74, 6) is -0.725. The molecule has 0 aliphatic carbocycles. The Labute approximate surface area is 103 Å². The Kier molecular flexibility index (Phi) is 6.33. The minimum Gasteiger partial charge on any atom is -0.481 e. The van der Waals surface area contributed by atoms with Gasteiger partial charge in [0, 0.05) is 13.0 Å². The lowest BCUT2D eigenvalue weighted by atomic mass is 10.1. The lowest BCUT2D eigenvalue weighted by Gasteiger charge is -2.06. The molecule has 2 N–H and O–H groups in total. The number of aryl methyl sites for hydroxylation is 1. The van der Waals surface area contributed by atoms with Crippen LogP contribution in [0.15, 0.2) is 24.3 Å². The molecule has 3 heteroatoms. The molecule has 0 spiro atoms. The molecule has 0 unspecified atom stereocenters. The maximum Gasteiger partial charge on any atom is 0.303 e. The van der Waals surface area contributed by atoms with Gasteiger partial charge >= 0.3 is 5.97 Å². The Morgan fingerprint density at radius 1 is 1.35 bits per heavy atom. The fraction of sp³-hybridized carbons (Fsp3) is 0.500. The summed E-state index contributed by atoms with van der Waals surface area (Å²) >= 11 is 0. The van der Waals surface area contributed by atoms with Gasteiger partial charge in [0.25, 0.3) is 0 Å². The van der Waals surface area contributed by atoms with Gasteiger partial charge in [-0.05, 0) is 30.5 Å². The van der Waals surface area contributed by atoms with Crippen molar-refractivity contribution in [1.82, 2.24) is 5.32 Å². The maximum absolute atomic E-state index is 10.3. The van der Waals surface area contributed by atoms with Crippen molar-refractivity contribution in [3.8, 4) is 0 Å². The second-order valence-electron chi connectivity index (χ2n) is 4.24. The van der Waals surface area contributed by atoms with Gasteiger partial charge in [0.05, 0.1) is 0 Å². The van der Waals surface area contributed by atoms with E-state index in [1.807, 2.05) is 0 Å². The van der Waals surface area contributed by atoms with Crippen molar-refractivity contribution in [1.29, 1.82) is 0 Å². The summed E-state index contributed by atoms with van der Waals surface area (Å²) in [6.45, 7) is 3.75. The highest BCUT2D eigenvalue weighted by atomic mass is 16.4. The Bertz CT molecular complexity index is 350. The highest BCUT2D eigenvalue weighted by Crippen LogP contribution is 2.07. The summed E-state index contributed by atoms with van der Waals surface area (Å²) in [5, 5.41) is 11.8. The van der Waals surface area contributed by atoms with Crippen LogP contribution in [0.2, 0.25) is 0 Å². The van der Waals surface area contributed by atoms with E-state index in [1.165, 1.54) is 11.1 Å². The monoisotopic (exact) mass is 235 g/mol. The van der Waals surface area contributed by atoms with Crippen LogP contribution in [0.25, 0.3) is 0 Å². The number of nitrogens with one attached hydrogen (secondary N) is 1. The summed E-state index contributed by atoms with van der Waals surface area (Å²) < 4.78 is 0. The van der Waals surface area contributed by atoms with Crippen molar-refractivity contribution < 1.29 is 9.90 Å². The number of carbonyl (C=O) groups is 1. The van der Waals surface area contributed by atoms with Crippen molar-refractivity contribution >= 4 is 5.97 Å². The molecular formula is C14H21NO2. The molecular weight excluding hydrogens is 214 g/mol. The maximum atomic E-state index is 10.3. The summed E-state index contributed by atoms with van der Waals surface area (Å²) in [6, 6.07) is 8.55. The van der Waals surface area contributed by atoms with E-state index in [9.17, 15) is 4.79 Å². The topological polar surface area (TPSA) is 49.3 Å². The summed E-state index contributed by atoms with van der Waals surface area (Å²) in [7, 11) is 0. The molecule has 0 saturated carbocycles. The van der Waals surface area contributed by atoms with Gasteiger partial charge in [0.2, 0.25) is 0 Å². The summed E-state index contributed by atoms with van der Waals surface area (Å²) in [4.78, 5) is 10.3. The largest absolute Gasteiger partial charge is 0.481 e. The first-order valence-electron chi connectivity index (χ1n) is 6.22. The van der Waals surface area contributed by atoms with Gasteiger partial charge in [-0.3, -0.25) is 4.79 Å². The van der Waals surface area contributed by atoms with E-state index in [0.29, 0.717) is 6.42 Å². The Hall–Kier alpha value is -1.35. The minimum atomic E-state index is -0.725. The first-order chi connectivity index (χ1) is 8.22. The highest BCUT2D eigenvalue weighted by Gasteiger charge is 1.97. The van der Waals surface area contributed by atoms with Crippen LogP contribution < -0.4 is 5.32 Å². The molecule has 1 aromatic rings. The molecule has 3 nitrogen and oxygen atoms in total. The molecule has 0 fully saturated rings. The molecule has 0 radical (unpaired) electrons. The lowest BCUT2D eigenvalue weighted by Crippen LogP contribution is -2.15. The molecule has 0 amide bonds. The number of hydrogen-bond acceptors (Lipinski definition) is 2. The number of rotatable bonds is 8. The van der Waals surface area contributed by atoms with E-state index in [-0.39, 0.29) is 6.42 Å². The SMILES string of the molecule is CCCc1cccc(CNCCCC(=O)O)c1. The fourth-order valence-electron chi connectivity index (χ4n) is 1.78. The third-order valence-corrected chi connectivity index (χ3v) is 2.60. The van der Waals surface area contributed by atoms with Gasteiger partial charge in [-0.15, -0.1) is 0 Å². The van der Waals surface area contributed by atoms with Gasteiger partial charge in [0.1, 0.15) is 0 Å². The Morgan fingerprint density at radius 2 is 2.12 bits per heavy atom. The Balaban J connectivity index is 2.26. The van der Waals surface area contributed by atoms with Crippen molar-refractivity contribution in [3.63, 3.8) is 0 Å². The molecule has 0 bridgehead atoms. The van der Waals surface area contributed by atoms with Crippen molar-refractivity contribution in [2.24, 2.45) is 0 Å². The molecule has 94 valence electrons. The van der Waals surface area contributed by atoms with E-state index >= 15 is 0 Å². The molecule has 0 aliphatic rings. The van der Waals surface area contributed by atoms with Crippen molar-refractivity contribution in [2.45, 2.75) is 39.2 Å². The Morgan fingerprint density at radius 3 is 2.82 bits per heavy atom. The average Bonchev–Trinajstić information content (AvgIpc) is 2.29. The first kappa shape index (κ1) is 13.7. The number of carboxylic acid groups (broad SMARTS) is 1. The van der Waals surface area contributed by atoms with E-state index in [2.05, 4.69) is 36.5 Å². The van der Waals surface area contributed by atoms with Crippen LogP contribution in [0, 0.1) is 0 Å². The smallest absolute Gasteiger partial charge is 0.303 e. The van der Waals surface area contributed by atoms with Crippen LogP contribution in [0.5, 0.6) is 0 Å². The van der Waals surface area contributed by atoms with Crippen LogP contribution >= 0.6 is 0 Å². The molecule has 0 aliphatic heterocycles. The van der Waals surface area contributed by atoms with E-state index < -0.39 is 5.97 Å². The third-order valence-electron chi connectivity index (χ3n) is 2.60. The number of hydrogen-bond donors (Lipinski definition) is 2. The van der Waals surface area contributed by atoms with Gasteiger partial charge < -0.3 is 10.4 Å². The lowest BCUT2D eigenvalue weighted by molar-refractivity contribution is -0.137. The van der Waals surface area contributed by atoms with Crippen LogP contribution in [-0.4, -0.2) is 17.6 Å². The van der Waals surface area contributed by atoms with Crippen LogP contribution in [0.1, 0.15) is 37.3 Å². The van der Waals surface area contributed by atoms with Crippen LogP contribution in [0.3, 0.4) is 0 Å². The van der Waals surface area contributed by atoms with Gasteiger partial charge in [-0.2, -0.15) is 0 Å². The average molecular weight is 235 g/mol. The molecule has 0 saturated heterocycles. The minimum absolute atomic E-state index is 0.239. The summed E-state index contributed by atoms with van der Waals surface area (Å²) in [5.41, 5.74) is 2.64. The zero-order valence-corrected chi connectivity index (χ0v) is 10.4. The number of aliphatic carboxylic acids is 1. The van der Waals surface area contributed by atoms with Gasteiger partial charge in [-0.1, -0.05) is 37.6 Å². The van der Waals surface area contributed by atoms with Crippen LogP contribution in [0.4, 0.5) is 0 Å². The molecule has 1 rings (SSSR count). The van der Waals surface area contributed by atoms with E-state index in [1.54, 1.807) is 0 Å². The summed E-state index contributed by atoms with van der Waals surface area (Å²) in [6.07, 6.45) is 3.20. The van der Waals surface area contributed by atoms with E-state index in [4.69, 9.17) is 5.11 Å². The molecule has 0 atom stereocenters. The molecule has 0 aromatic heterocycles. The van der Waals surface area contributed by atoms with Crippen LogP contribution in [-0.2, 0) is 17.8 Å². The normalized spacial score (nSPS) is 10.4. The fourth-order valence-corrected chi connectivity index (χ4v) is 1.78. The number of benzene rings is 1. The predicted molar refractivity (Wildman–Crippen MR) is 69.0 cm³/mol. The standard InChI is InChI=1S/C14H21NO2/c1-2-5-12-6-3-7-13(10-12)11-15-9-4-8-14(16)17/h3,6-7,10,15H,2,4-5,8-9,11H2,1H3,(H,16,17). The van der Waals surface area contributed by atoms with Crippen molar-refractivity contribution in [2.75, 3.05) is 6.54 Å². The highest BCUT2D eigenvalue weighted by molar-refractivity contribution is 5.66. The first-order valence-corrected chi connectivity index (χ1v) is 6.22. The second-order valence-corrected chi connectivity index (χ2v) is 4.24. The predicted octanol–water partition coefficient (Wildman–Crippen LogP) is 2.59. The van der Waals surface area contributed by atoms with Gasteiger partial charge in [-0.25, -0.2) is 0 Å². The zero-order chi connectivity index (χ0) is 12.5. The molecule has 17 heavy (non-hydrogen) atoms. The quantitative estimate of drug-likeness (QED) is 0.681. The third kappa shape index (κ3) is 6.07. The van der Waals surface area contributed by atoms with E-state index in [0.717, 1.165) is 25.9 Å².